The first-order chi connectivity index (χ1) is 8.15. The molecule has 1 aromatic heterocycles. The number of halogens is 1. The predicted molar refractivity (Wildman–Crippen MR) is 69.6 cm³/mol. The molecule has 0 saturated heterocycles. The van der Waals surface area contributed by atoms with Gasteiger partial charge in [0.15, 0.2) is 0 Å². The van der Waals surface area contributed by atoms with Crippen LogP contribution in [0.15, 0.2) is 35.1 Å². The van der Waals surface area contributed by atoms with Gasteiger partial charge in [-0.3, -0.25) is 4.79 Å². The monoisotopic (exact) mass is 244 g/mol. The maximum atomic E-state index is 12.0. The zero-order valence-electron chi connectivity index (χ0n) is 9.12. The first-order valence-corrected chi connectivity index (χ1v) is 5.62. The van der Waals surface area contributed by atoms with E-state index in [2.05, 4.69) is 9.97 Å². The molecule has 3 aromatic rings. The molecular weight excluding hydrogens is 236 g/mol. The van der Waals surface area contributed by atoms with E-state index in [4.69, 9.17) is 11.6 Å². The Morgan fingerprint density at radius 2 is 2.00 bits per heavy atom. The minimum atomic E-state index is -0.125. The Morgan fingerprint density at radius 3 is 2.82 bits per heavy atom. The Kier molecular flexibility index (Phi) is 2.16. The van der Waals surface area contributed by atoms with Crippen molar-refractivity contribution < 1.29 is 0 Å². The Balaban J connectivity index is 2.63. The first-order valence-electron chi connectivity index (χ1n) is 5.24. The van der Waals surface area contributed by atoms with E-state index in [0.717, 1.165) is 10.8 Å². The van der Waals surface area contributed by atoms with Crippen LogP contribution in [0.5, 0.6) is 0 Å². The number of rotatable bonds is 0. The molecule has 17 heavy (non-hydrogen) atoms. The average Bonchev–Trinajstić information content (AvgIpc) is 2.27. The van der Waals surface area contributed by atoms with Crippen molar-refractivity contribution >= 4 is 33.3 Å². The van der Waals surface area contributed by atoms with E-state index in [-0.39, 0.29) is 5.56 Å². The number of aryl methyl sites for hydroxylation is 1. The summed E-state index contributed by atoms with van der Waals surface area (Å²) in [7, 11) is 0. The van der Waals surface area contributed by atoms with E-state index in [1.807, 2.05) is 24.3 Å². The molecular formula is C13H9ClN2O. The van der Waals surface area contributed by atoms with Crippen LogP contribution in [0, 0.1) is 6.92 Å². The Bertz CT molecular complexity index is 792. The molecule has 0 atom stereocenters. The summed E-state index contributed by atoms with van der Waals surface area (Å²) < 4.78 is 0. The topological polar surface area (TPSA) is 45.8 Å². The van der Waals surface area contributed by atoms with Crippen LogP contribution in [-0.4, -0.2) is 9.97 Å². The number of hydrogen-bond acceptors (Lipinski definition) is 2. The Labute approximate surface area is 102 Å². The van der Waals surface area contributed by atoms with Crippen LogP contribution in [0.25, 0.3) is 21.7 Å². The molecule has 3 rings (SSSR count). The number of aromatic nitrogens is 2. The fourth-order valence-corrected chi connectivity index (χ4v) is 2.22. The summed E-state index contributed by atoms with van der Waals surface area (Å²) in [6.45, 7) is 1.77. The second-order valence-corrected chi connectivity index (χ2v) is 4.41. The molecule has 0 radical (unpaired) electrons. The molecule has 84 valence electrons. The van der Waals surface area contributed by atoms with Gasteiger partial charge in [-0.15, -0.1) is 0 Å². The van der Waals surface area contributed by atoms with Gasteiger partial charge in [0.25, 0.3) is 5.56 Å². The van der Waals surface area contributed by atoms with Crippen LogP contribution >= 0.6 is 11.6 Å². The third-order valence-electron chi connectivity index (χ3n) is 2.77. The molecule has 0 spiro atoms. The van der Waals surface area contributed by atoms with Crippen molar-refractivity contribution in [3.8, 4) is 0 Å². The van der Waals surface area contributed by atoms with Gasteiger partial charge >= 0.3 is 0 Å². The zero-order valence-corrected chi connectivity index (χ0v) is 9.88. The molecule has 0 aliphatic rings. The van der Waals surface area contributed by atoms with E-state index < -0.39 is 0 Å². The highest BCUT2D eigenvalue weighted by Crippen LogP contribution is 2.24. The molecule has 0 fully saturated rings. The summed E-state index contributed by atoms with van der Waals surface area (Å²) in [5.41, 5.74) is 0.571. The van der Waals surface area contributed by atoms with Gasteiger partial charge in [0.2, 0.25) is 0 Å². The maximum Gasteiger partial charge on any atom is 0.259 e. The summed E-state index contributed by atoms with van der Waals surface area (Å²) >= 11 is 5.97. The number of nitrogens with zero attached hydrogens (tertiary/aromatic N) is 1. The second kappa shape index (κ2) is 3.57. The van der Waals surface area contributed by atoms with E-state index in [1.54, 1.807) is 13.0 Å². The molecule has 1 N–H and O–H groups in total. The summed E-state index contributed by atoms with van der Waals surface area (Å²) in [4.78, 5) is 19.0. The number of fused-ring (bicyclic) bond motifs is 3. The second-order valence-electron chi connectivity index (χ2n) is 3.98. The third kappa shape index (κ3) is 1.59. The minimum Gasteiger partial charge on any atom is -0.310 e. The Hall–Kier alpha value is -1.87. The first kappa shape index (κ1) is 10.3. The molecule has 3 nitrogen and oxygen atoms in total. The van der Waals surface area contributed by atoms with E-state index in [9.17, 15) is 4.79 Å². The number of nitrogens with one attached hydrogen (secondary N) is 1. The SMILES string of the molecule is Cc1nc2ccc3ccc(Cl)cc3c2c(=O)[nH]1. The van der Waals surface area contributed by atoms with E-state index >= 15 is 0 Å². The van der Waals surface area contributed by atoms with Crippen LogP contribution in [0.2, 0.25) is 5.02 Å². The molecule has 1 heterocycles. The van der Waals surface area contributed by atoms with Crippen molar-refractivity contribution in [1.82, 2.24) is 9.97 Å². The predicted octanol–water partition coefficient (Wildman–Crippen LogP) is 3.04. The van der Waals surface area contributed by atoms with Crippen LogP contribution in [0.3, 0.4) is 0 Å². The van der Waals surface area contributed by atoms with Crippen molar-refractivity contribution in [1.29, 1.82) is 0 Å². The highest BCUT2D eigenvalue weighted by molar-refractivity contribution is 6.31. The highest BCUT2D eigenvalue weighted by Gasteiger charge is 2.06. The number of H-pyrrole nitrogens is 1. The molecule has 0 unspecified atom stereocenters. The standard InChI is InChI=1S/C13H9ClN2O/c1-7-15-11-5-3-8-2-4-9(14)6-10(8)12(11)13(17)16-7/h2-6H,1H3,(H,15,16,17). The summed E-state index contributed by atoms with van der Waals surface area (Å²) in [5.74, 6) is 0.615. The molecule has 0 bridgehead atoms. The van der Waals surface area contributed by atoms with Gasteiger partial charge in [0.05, 0.1) is 10.9 Å². The molecule has 2 aromatic carbocycles. The largest absolute Gasteiger partial charge is 0.310 e. The third-order valence-corrected chi connectivity index (χ3v) is 3.01. The zero-order chi connectivity index (χ0) is 12.0. The van der Waals surface area contributed by atoms with Crippen molar-refractivity contribution in [3.05, 3.63) is 51.5 Å². The summed E-state index contributed by atoms with van der Waals surface area (Å²) in [6.07, 6.45) is 0. The molecule has 0 aliphatic carbocycles. The van der Waals surface area contributed by atoms with Crippen LogP contribution in [0.1, 0.15) is 5.82 Å². The fraction of sp³-hybridized carbons (Fsp3) is 0.0769. The van der Waals surface area contributed by atoms with Crippen molar-refractivity contribution in [2.45, 2.75) is 6.92 Å². The van der Waals surface area contributed by atoms with Crippen LogP contribution in [0.4, 0.5) is 0 Å². The summed E-state index contributed by atoms with van der Waals surface area (Å²) in [6, 6.07) is 9.31. The maximum absolute atomic E-state index is 12.0. The molecule has 4 heteroatoms. The lowest BCUT2D eigenvalue weighted by atomic mass is 10.1. The van der Waals surface area contributed by atoms with Crippen molar-refractivity contribution in [2.24, 2.45) is 0 Å². The average molecular weight is 245 g/mol. The Morgan fingerprint density at radius 1 is 1.24 bits per heavy atom. The van der Waals surface area contributed by atoms with Gasteiger partial charge in [-0.05, 0) is 35.9 Å². The number of hydrogen-bond donors (Lipinski definition) is 1. The van der Waals surface area contributed by atoms with Gasteiger partial charge in [-0.25, -0.2) is 4.98 Å². The van der Waals surface area contributed by atoms with Crippen molar-refractivity contribution in [3.63, 3.8) is 0 Å². The summed E-state index contributed by atoms with van der Waals surface area (Å²) in [5, 5.41) is 3.03. The quantitative estimate of drug-likeness (QED) is 0.618. The molecule has 0 aliphatic heterocycles. The minimum absolute atomic E-state index is 0.125. The van der Waals surface area contributed by atoms with Gasteiger partial charge in [0.1, 0.15) is 5.82 Å². The van der Waals surface area contributed by atoms with Crippen LogP contribution < -0.4 is 5.56 Å². The lowest BCUT2D eigenvalue weighted by Crippen LogP contribution is -2.09. The van der Waals surface area contributed by atoms with Gasteiger partial charge < -0.3 is 4.98 Å². The normalized spacial score (nSPS) is 11.2. The van der Waals surface area contributed by atoms with Gasteiger partial charge in [0, 0.05) is 5.02 Å². The van der Waals surface area contributed by atoms with Gasteiger partial charge in [-0.2, -0.15) is 0 Å². The molecule has 0 saturated carbocycles. The van der Waals surface area contributed by atoms with Crippen molar-refractivity contribution in [2.75, 3.05) is 0 Å². The lowest BCUT2D eigenvalue weighted by Gasteiger charge is -2.03. The van der Waals surface area contributed by atoms with Gasteiger partial charge in [-0.1, -0.05) is 23.7 Å². The number of benzene rings is 2. The van der Waals surface area contributed by atoms with E-state index in [0.29, 0.717) is 21.7 Å². The number of aromatic amines is 1. The fourth-order valence-electron chi connectivity index (χ4n) is 2.05. The smallest absolute Gasteiger partial charge is 0.259 e. The van der Waals surface area contributed by atoms with Crippen LogP contribution in [-0.2, 0) is 0 Å². The lowest BCUT2D eigenvalue weighted by molar-refractivity contribution is 1.06. The van der Waals surface area contributed by atoms with E-state index in [1.165, 1.54) is 0 Å². The molecule has 0 amide bonds. The highest BCUT2D eigenvalue weighted by atomic mass is 35.5.